The highest BCUT2D eigenvalue weighted by Crippen LogP contribution is 2.20. The summed E-state index contributed by atoms with van der Waals surface area (Å²) >= 11 is 1.72. The molecule has 0 aliphatic carbocycles. The molecule has 1 aliphatic heterocycles. The Morgan fingerprint density at radius 1 is 1.53 bits per heavy atom. The molecule has 19 heavy (non-hydrogen) atoms. The van der Waals surface area contributed by atoms with Crippen LogP contribution in [0.4, 0.5) is 0 Å². The third-order valence-corrected chi connectivity index (χ3v) is 4.82. The molecule has 1 saturated heterocycles. The fourth-order valence-corrected chi connectivity index (χ4v) is 3.63. The standard InChI is InChI=1S/C14H21N3OS/c1-10-9-19-14-16-11(2)13(17(10)14)7-15-5-3-12-4-6-18-8-12/h9,12,15H,3-8H2,1-2H3. The number of aromatic nitrogens is 2. The fraction of sp³-hybridized carbons (Fsp3) is 0.643. The molecular formula is C14H21N3OS. The van der Waals surface area contributed by atoms with Crippen LogP contribution in [0.5, 0.6) is 0 Å². The first-order valence-corrected chi connectivity index (χ1v) is 7.84. The topological polar surface area (TPSA) is 38.6 Å². The molecule has 1 fully saturated rings. The van der Waals surface area contributed by atoms with E-state index >= 15 is 0 Å². The largest absolute Gasteiger partial charge is 0.381 e. The summed E-state index contributed by atoms with van der Waals surface area (Å²) < 4.78 is 7.67. The van der Waals surface area contributed by atoms with E-state index in [2.05, 4.69) is 33.9 Å². The van der Waals surface area contributed by atoms with Crippen molar-refractivity contribution in [3.05, 3.63) is 22.5 Å². The minimum absolute atomic E-state index is 0.752. The van der Waals surface area contributed by atoms with Crippen LogP contribution in [0.3, 0.4) is 0 Å². The van der Waals surface area contributed by atoms with Gasteiger partial charge in [-0.2, -0.15) is 0 Å². The molecule has 1 N–H and O–H groups in total. The summed E-state index contributed by atoms with van der Waals surface area (Å²) in [6, 6.07) is 0. The predicted octanol–water partition coefficient (Wildman–Crippen LogP) is 2.53. The zero-order chi connectivity index (χ0) is 13.2. The molecule has 1 aliphatic rings. The SMILES string of the molecule is Cc1nc2scc(C)n2c1CNCCC1CCOC1. The molecule has 0 radical (unpaired) electrons. The Labute approximate surface area is 117 Å². The van der Waals surface area contributed by atoms with Gasteiger partial charge in [-0.1, -0.05) is 0 Å². The van der Waals surface area contributed by atoms with Crippen molar-refractivity contribution in [3.63, 3.8) is 0 Å². The Hall–Kier alpha value is -0.910. The van der Waals surface area contributed by atoms with Crippen LogP contribution in [0, 0.1) is 19.8 Å². The number of imidazole rings is 1. The number of thiazole rings is 1. The second-order valence-electron chi connectivity index (χ2n) is 5.33. The Morgan fingerprint density at radius 3 is 3.21 bits per heavy atom. The third-order valence-electron chi connectivity index (χ3n) is 3.88. The first-order chi connectivity index (χ1) is 9.25. The van der Waals surface area contributed by atoms with Gasteiger partial charge in [0.25, 0.3) is 0 Å². The van der Waals surface area contributed by atoms with E-state index in [4.69, 9.17) is 4.74 Å². The van der Waals surface area contributed by atoms with E-state index < -0.39 is 0 Å². The van der Waals surface area contributed by atoms with Gasteiger partial charge in [0, 0.05) is 30.8 Å². The van der Waals surface area contributed by atoms with Gasteiger partial charge in [0.1, 0.15) is 0 Å². The van der Waals surface area contributed by atoms with Gasteiger partial charge < -0.3 is 10.1 Å². The maximum Gasteiger partial charge on any atom is 0.194 e. The van der Waals surface area contributed by atoms with E-state index in [0.29, 0.717) is 0 Å². The van der Waals surface area contributed by atoms with Crippen LogP contribution < -0.4 is 5.32 Å². The molecule has 0 aromatic carbocycles. The highest BCUT2D eigenvalue weighted by Gasteiger charge is 2.15. The van der Waals surface area contributed by atoms with Gasteiger partial charge in [-0.25, -0.2) is 4.98 Å². The highest BCUT2D eigenvalue weighted by molar-refractivity contribution is 7.15. The minimum atomic E-state index is 0.752. The molecule has 3 rings (SSSR count). The average molecular weight is 279 g/mol. The third kappa shape index (κ3) is 2.68. The summed E-state index contributed by atoms with van der Waals surface area (Å²) in [6.07, 6.45) is 2.44. The molecule has 104 valence electrons. The summed E-state index contributed by atoms with van der Waals surface area (Å²) in [6.45, 7) is 8.09. The lowest BCUT2D eigenvalue weighted by Gasteiger charge is -2.09. The smallest absolute Gasteiger partial charge is 0.194 e. The molecule has 1 atom stereocenters. The van der Waals surface area contributed by atoms with Crippen molar-refractivity contribution in [2.75, 3.05) is 19.8 Å². The van der Waals surface area contributed by atoms with Crippen molar-refractivity contribution in [1.82, 2.24) is 14.7 Å². The Kier molecular flexibility index (Phi) is 3.86. The molecular weight excluding hydrogens is 258 g/mol. The molecule has 0 spiro atoms. The number of nitrogens with one attached hydrogen (secondary N) is 1. The summed E-state index contributed by atoms with van der Waals surface area (Å²) in [5.41, 5.74) is 3.73. The number of aryl methyl sites for hydroxylation is 2. The molecule has 4 nitrogen and oxygen atoms in total. The van der Waals surface area contributed by atoms with Gasteiger partial charge in [0.15, 0.2) is 4.96 Å². The summed E-state index contributed by atoms with van der Waals surface area (Å²) in [4.78, 5) is 5.72. The monoisotopic (exact) mass is 279 g/mol. The lowest BCUT2D eigenvalue weighted by molar-refractivity contribution is 0.184. The molecule has 1 unspecified atom stereocenters. The van der Waals surface area contributed by atoms with Gasteiger partial charge in [-0.15, -0.1) is 11.3 Å². The van der Waals surface area contributed by atoms with E-state index in [0.717, 1.165) is 42.9 Å². The van der Waals surface area contributed by atoms with Crippen LogP contribution in [0.2, 0.25) is 0 Å². The van der Waals surface area contributed by atoms with E-state index in [1.165, 1.54) is 24.2 Å². The van der Waals surface area contributed by atoms with Crippen molar-refractivity contribution >= 4 is 16.3 Å². The molecule has 0 saturated carbocycles. The van der Waals surface area contributed by atoms with Crippen LogP contribution in [0.15, 0.2) is 5.38 Å². The summed E-state index contributed by atoms with van der Waals surface area (Å²) in [5, 5.41) is 5.72. The summed E-state index contributed by atoms with van der Waals surface area (Å²) in [5.74, 6) is 0.752. The van der Waals surface area contributed by atoms with E-state index in [-0.39, 0.29) is 0 Å². The second-order valence-corrected chi connectivity index (χ2v) is 6.17. The van der Waals surface area contributed by atoms with Crippen LogP contribution in [0.1, 0.15) is 29.9 Å². The van der Waals surface area contributed by atoms with Crippen LogP contribution in [0.25, 0.3) is 4.96 Å². The lowest BCUT2D eigenvalue weighted by Crippen LogP contribution is -2.19. The Balaban J connectivity index is 1.58. The van der Waals surface area contributed by atoms with Crippen LogP contribution >= 0.6 is 11.3 Å². The maximum absolute atomic E-state index is 5.40. The summed E-state index contributed by atoms with van der Waals surface area (Å²) in [7, 11) is 0. The first kappa shape index (κ1) is 13.1. The highest BCUT2D eigenvalue weighted by atomic mass is 32.1. The van der Waals surface area contributed by atoms with E-state index in [9.17, 15) is 0 Å². The number of rotatable bonds is 5. The van der Waals surface area contributed by atoms with Crippen molar-refractivity contribution in [2.24, 2.45) is 5.92 Å². The number of hydrogen-bond donors (Lipinski definition) is 1. The molecule has 0 amide bonds. The second kappa shape index (κ2) is 5.61. The molecule has 0 bridgehead atoms. The Bertz CT molecular complexity index is 554. The quantitative estimate of drug-likeness (QED) is 0.855. The predicted molar refractivity (Wildman–Crippen MR) is 77.8 cm³/mol. The molecule has 2 aromatic rings. The normalized spacial score (nSPS) is 19.6. The maximum atomic E-state index is 5.40. The zero-order valence-electron chi connectivity index (χ0n) is 11.6. The van der Waals surface area contributed by atoms with Gasteiger partial charge in [-0.05, 0) is 39.2 Å². The first-order valence-electron chi connectivity index (χ1n) is 6.96. The number of nitrogens with zero attached hydrogens (tertiary/aromatic N) is 2. The van der Waals surface area contributed by atoms with Crippen molar-refractivity contribution in [2.45, 2.75) is 33.2 Å². The molecule has 5 heteroatoms. The van der Waals surface area contributed by atoms with Crippen molar-refractivity contribution in [3.8, 4) is 0 Å². The van der Waals surface area contributed by atoms with E-state index in [1.54, 1.807) is 11.3 Å². The van der Waals surface area contributed by atoms with Crippen molar-refractivity contribution in [1.29, 1.82) is 0 Å². The molecule has 2 aromatic heterocycles. The van der Waals surface area contributed by atoms with Crippen LogP contribution in [-0.2, 0) is 11.3 Å². The lowest BCUT2D eigenvalue weighted by atomic mass is 10.1. The van der Waals surface area contributed by atoms with Gasteiger partial charge in [-0.3, -0.25) is 4.40 Å². The average Bonchev–Trinajstić information content (AvgIpc) is 3.07. The van der Waals surface area contributed by atoms with Crippen molar-refractivity contribution < 1.29 is 4.74 Å². The minimum Gasteiger partial charge on any atom is -0.381 e. The van der Waals surface area contributed by atoms with Crippen LogP contribution in [-0.4, -0.2) is 29.1 Å². The van der Waals surface area contributed by atoms with Gasteiger partial charge in [0.2, 0.25) is 0 Å². The Morgan fingerprint density at radius 2 is 2.42 bits per heavy atom. The zero-order valence-corrected chi connectivity index (χ0v) is 12.4. The number of hydrogen-bond acceptors (Lipinski definition) is 4. The fourth-order valence-electron chi connectivity index (χ4n) is 2.70. The van der Waals surface area contributed by atoms with E-state index in [1.807, 2.05) is 0 Å². The number of ether oxygens (including phenoxy) is 1. The van der Waals surface area contributed by atoms with Gasteiger partial charge >= 0.3 is 0 Å². The number of fused-ring (bicyclic) bond motifs is 1. The molecule has 3 heterocycles. The van der Waals surface area contributed by atoms with Gasteiger partial charge in [0.05, 0.1) is 11.4 Å².